The van der Waals surface area contributed by atoms with Crippen LogP contribution in [0.5, 0.6) is 5.75 Å². The molecule has 3 N–H and O–H groups in total. The summed E-state index contributed by atoms with van der Waals surface area (Å²) in [5.74, 6) is -0.804. The predicted octanol–water partition coefficient (Wildman–Crippen LogP) is 0.478. The van der Waals surface area contributed by atoms with Crippen molar-refractivity contribution in [3.63, 3.8) is 0 Å². The molecule has 1 fully saturated rings. The highest BCUT2D eigenvalue weighted by Gasteiger charge is 2.49. The number of likely N-dealkylation sites (N-methyl/N-ethyl adjacent to an activating group) is 1. The van der Waals surface area contributed by atoms with Crippen LogP contribution in [0.25, 0.3) is 10.8 Å². The Labute approximate surface area is 167 Å². The Bertz CT molecular complexity index is 1010. The summed E-state index contributed by atoms with van der Waals surface area (Å²) in [4.78, 5) is 49.4. The van der Waals surface area contributed by atoms with Gasteiger partial charge < -0.3 is 20.7 Å². The van der Waals surface area contributed by atoms with Crippen molar-refractivity contribution in [2.45, 2.75) is 12.5 Å². The maximum absolute atomic E-state index is 13.0. The second kappa shape index (κ2) is 7.78. The van der Waals surface area contributed by atoms with E-state index in [-0.39, 0.29) is 12.5 Å². The molecule has 1 aliphatic rings. The van der Waals surface area contributed by atoms with Gasteiger partial charge in [-0.2, -0.15) is 0 Å². The van der Waals surface area contributed by atoms with E-state index >= 15 is 0 Å². The Balaban J connectivity index is 1.80. The topological polar surface area (TPSA) is 117 Å². The number of carbonyl (C=O) groups excluding carboxylic acids is 4. The first-order valence-electron chi connectivity index (χ1n) is 8.98. The number of urea groups is 1. The predicted molar refractivity (Wildman–Crippen MR) is 105 cm³/mol. The van der Waals surface area contributed by atoms with Crippen LogP contribution in [0.2, 0.25) is 0 Å². The first kappa shape index (κ1) is 20.1. The van der Waals surface area contributed by atoms with Crippen LogP contribution in [0.3, 0.4) is 0 Å². The Morgan fingerprint density at radius 3 is 2.48 bits per heavy atom. The molecule has 2 aromatic rings. The minimum absolute atomic E-state index is 0.232. The van der Waals surface area contributed by atoms with Crippen LogP contribution in [0.15, 0.2) is 36.4 Å². The highest BCUT2D eigenvalue weighted by atomic mass is 16.5. The zero-order chi connectivity index (χ0) is 21.2. The van der Waals surface area contributed by atoms with E-state index < -0.39 is 29.9 Å². The summed E-state index contributed by atoms with van der Waals surface area (Å²) >= 11 is 0. The third-order valence-corrected chi connectivity index (χ3v) is 4.93. The maximum Gasteiger partial charge on any atom is 0.325 e. The lowest BCUT2D eigenvalue weighted by Gasteiger charge is -2.22. The minimum Gasteiger partial charge on any atom is -0.497 e. The molecule has 152 valence electrons. The van der Waals surface area contributed by atoms with E-state index in [1.54, 1.807) is 20.1 Å². The number of imide groups is 1. The molecule has 3 rings (SSSR count). The van der Waals surface area contributed by atoms with Crippen LogP contribution in [-0.4, -0.2) is 55.9 Å². The number of hydrogen-bond acceptors (Lipinski definition) is 5. The molecular weight excluding hydrogens is 376 g/mol. The SMILES string of the molecule is CNC(=O)CNC(=O)CN1C(=O)N[C@](C)(c2ccc3cc(OC)ccc3c2)C1=O. The van der Waals surface area contributed by atoms with E-state index in [2.05, 4.69) is 16.0 Å². The van der Waals surface area contributed by atoms with E-state index in [0.717, 1.165) is 21.4 Å². The molecule has 0 aromatic heterocycles. The van der Waals surface area contributed by atoms with Crippen molar-refractivity contribution in [2.75, 3.05) is 27.2 Å². The normalized spacial score (nSPS) is 18.5. The number of fused-ring (bicyclic) bond motifs is 1. The Kier molecular flexibility index (Phi) is 5.40. The third-order valence-electron chi connectivity index (χ3n) is 4.93. The van der Waals surface area contributed by atoms with Crippen molar-refractivity contribution >= 4 is 34.5 Å². The lowest BCUT2D eigenvalue weighted by Crippen LogP contribution is -2.44. The molecule has 1 aliphatic heterocycles. The summed E-state index contributed by atoms with van der Waals surface area (Å²) in [5, 5.41) is 9.21. The van der Waals surface area contributed by atoms with Crippen LogP contribution < -0.4 is 20.7 Å². The summed E-state index contributed by atoms with van der Waals surface area (Å²) in [6, 6.07) is 10.3. The molecule has 1 heterocycles. The molecular formula is C20H22N4O5. The number of benzene rings is 2. The molecule has 29 heavy (non-hydrogen) atoms. The average molecular weight is 398 g/mol. The number of nitrogens with zero attached hydrogens (tertiary/aromatic N) is 1. The van der Waals surface area contributed by atoms with E-state index in [1.807, 2.05) is 30.3 Å². The van der Waals surface area contributed by atoms with Crippen LogP contribution >= 0.6 is 0 Å². The van der Waals surface area contributed by atoms with Gasteiger partial charge in [-0.15, -0.1) is 0 Å². The molecule has 0 saturated carbocycles. The van der Waals surface area contributed by atoms with Gasteiger partial charge in [0, 0.05) is 7.05 Å². The summed E-state index contributed by atoms with van der Waals surface area (Å²) in [7, 11) is 3.03. The highest BCUT2D eigenvalue weighted by molar-refractivity contribution is 6.09. The molecule has 0 bridgehead atoms. The second-order valence-corrected chi connectivity index (χ2v) is 6.82. The number of amides is 5. The number of hydrogen-bond donors (Lipinski definition) is 3. The number of rotatable bonds is 6. The molecule has 5 amide bonds. The van der Waals surface area contributed by atoms with Gasteiger partial charge in [-0.1, -0.05) is 18.2 Å². The number of nitrogens with one attached hydrogen (secondary N) is 3. The minimum atomic E-state index is -1.30. The fraction of sp³-hybridized carbons (Fsp3) is 0.300. The highest BCUT2D eigenvalue weighted by Crippen LogP contribution is 2.31. The quantitative estimate of drug-likeness (QED) is 0.612. The van der Waals surface area contributed by atoms with Gasteiger partial charge in [0.15, 0.2) is 0 Å². The zero-order valence-electron chi connectivity index (χ0n) is 16.4. The summed E-state index contributed by atoms with van der Waals surface area (Å²) < 4.78 is 5.22. The fourth-order valence-corrected chi connectivity index (χ4v) is 3.16. The first-order valence-corrected chi connectivity index (χ1v) is 8.98. The first-order chi connectivity index (χ1) is 13.8. The molecule has 9 heteroatoms. The number of ether oxygens (including phenoxy) is 1. The molecule has 0 unspecified atom stereocenters. The van der Waals surface area contributed by atoms with E-state index in [1.165, 1.54) is 7.05 Å². The monoisotopic (exact) mass is 398 g/mol. The van der Waals surface area contributed by atoms with Gasteiger partial charge in [0.1, 0.15) is 17.8 Å². The van der Waals surface area contributed by atoms with Crippen molar-refractivity contribution in [1.82, 2.24) is 20.9 Å². The Morgan fingerprint density at radius 2 is 1.79 bits per heavy atom. The average Bonchev–Trinajstić information content (AvgIpc) is 2.94. The van der Waals surface area contributed by atoms with Crippen molar-refractivity contribution < 1.29 is 23.9 Å². The molecule has 0 radical (unpaired) electrons. The van der Waals surface area contributed by atoms with Gasteiger partial charge in [0.2, 0.25) is 11.8 Å². The lowest BCUT2D eigenvalue weighted by molar-refractivity contribution is -0.135. The molecule has 0 spiro atoms. The fourth-order valence-electron chi connectivity index (χ4n) is 3.16. The van der Waals surface area contributed by atoms with Crippen molar-refractivity contribution in [3.8, 4) is 5.75 Å². The van der Waals surface area contributed by atoms with Crippen LogP contribution in [0.4, 0.5) is 4.79 Å². The number of methoxy groups -OCH3 is 1. The Morgan fingerprint density at radius 1 is 1.10 bits per heavy atom. The van der Waals surface area contributed by atoms with Gasteiger partial charge in [-0.25, -0.2) is 4.79 Å². The van der Waals surface area contributed by atoms with Crippen molar-refractivity contribution in [2.24, 2.45) is 0 Å². The standard InChI is InChI=1S/C20H22N4O5/c1-20(14-6-4-13-9-15(29-3)7-5-12(13)8-14)18(27)24(19(28)23-20)11-17(26)22-10-16(25)21-2/h4-9H,10-11H2,1-3H3,(H,21,25)(H,22,26)(H,23,28)/t20-/m1/s1. The molecule has 1 saturated heterocycles. The van der Waals surface area contributed by atoms with Crippen molar-refractivity contribution in [1.29, 1.82) is 0 Å². The van der Waals surface area contributed by atoms with Crippen LogP contribution in [-0.2, 0) is 19.9 Å². The van der Waals surface area contributed by atoms with E-state index in [0.29, 0.717) is 5.56 Å². The summed E-state index contributed by atoms with van der Waals surface area (Å²) in [6.45, 7) is 0.896. The van der Waals surface area contributed by atoms with Gasteiger partial charge in [0.05, 0.1) is 13.7 Å². The second-order valence-electron chi connectivity index (χ2n) is 6.82. The third kappa shape index (κ3) is 3.84. The molecule has 9 nitrogen and oxygen atoms in total. The van der Waals surface area contributed by atoms with Crippen LogP contribution in [0, 0.1) is 0 Å². The van der Waals surface area contributed by atoms with Gasteiger partial charge in [-0.3, -0.25) is 19.3 Å². The van der Waals surface area contributed by atoms with E-state index in [4.69, 9.17) is 4.74 Å². The largest absolute Gasteiger partial charge is 0.497 e. The molecule has 2 aromatic carbocycles. The summed E-state index contributed by atoms with van der Waals surface area (Å²) in [5.41, 5.74) is -0.700. The smallest absolute Gasteiger partial charge is 0.325 e. The Hall–Kier alpha value is -3.62. The maximum atomic E-state index is 13.0. The molecule has 1 atom stereocenters. The lowest BCUT2D eigenvalue weighted by atomic mass is 9.90. The van der Waals surface area contributed by atoms with Gasteiger partial charge in [-0.05, 0) is 41.5 Å². The van der Waals surface area contributed by atoms with E-state index in [9.17, 15) is 19.2 Å². The van der Waals surface area contributed by atoms with Gasteiger partial charge >= 0.3 is 6.03 Å². The van der Waals surface area contributed by atoms with Crippen LogP contribution in [0.1, 0.15) is 12.5 Å². The van der Waals surface area contributed by atoms with Gasteiger partial charge in [0.25, 0.3) is 5.91 Å². The molecule has 0 aliphatic carbocycles. The zero-order valence-corrected chi connectivity index (χ0v) is 16.4. The summed E-state index contributed by atoms with van der Waals surface area (Å²) in [6.07, 6.45) is 0. The number of carbonyl (C=O) groups is 4. The van der Waals surface area contributed by atoms with Crippen molar-refractivity contribution in [3.05, 3.63) is 42.0 Å².